The van der Waals surface area contributed by atoms with Crippen LogP contribution in [0.1, 0.15) is 79.1 Å². The molecule has 22 heavy (non-hydrogen) atoms. The third-order valence-corrected chi connectivity index (χ3v) is 3.65. The van der Waals surface area contributed by atoms with Crippen LogP contribution in [-0.2, 0) is 0 Å². The van der Waals surface area contributed by atoms with Crippen LogP contribution in [0.2, 0.25) is 0 Å². The van der Waals surface area contributed by atoms with Crippen molar-refractivity contribution >= 4 is 0 Å². The van der Waals surface area contributed by atoms with Crippen LogP contribution < -0.4 is 0 Å². The number of allylic oxidation sites excluding steroid dienone is 9. The second kappa shape index (κ2) is 14.6. The van der Waals surface area contributed by atoms with Crippen LogP contribution in [0, 0.1) is 0 Å². The van der Waals surface area contributed by atoms with Gasteiger partial charge in [0.1, 0.15) is 0 Å². The first-order chi connectivity index (χ1) is 10.6. The lowest BCUT2D eigenvalue weighted by Crippen LogP contribution is -1.80. The first-order valence-electron chi connectivity index (χ1n) is 8.76. The fourth-order valence-electron chi connectivity index (χ4n) is 2.21. The van der Waals surface area contributed by atoms with Gasteiger partial charge in [0.05, 0.1) is 0 Å². The summed E-state index contributed by atoms with van der Waals surface area (Å²) in [6.07, 6.45) is 23.0. The van der Waals surface area contributed by atoms with Crippen LogP contribution in [0.15, 0.2) is 59.8 Å². The third kappa shape index (κ3) is 15.1. The first-order valence-corrected chi connectivity index (χ1v) is 8.76. The van der Waals surface area contributed by atoms with Crippen LogP contribution in [0.5, 0.6) is 0 Å². The zero-order valence-corrected chi connectivity index (χ0v) is 15.3. The maximum absolute atomic E-state index is 3.77. The molecule has 0 saturated heterocycles. The van der Waals surface area contributed by atoms with Gasteiger partial charge >= 0.3 is 0 Å². The van der Waals surface area contributed by atoms with Crippen LogP contribution >= 0.6 is 0 Å². The van der Waals surface area contributed by atoms with Gasteiger partial charge in [-0.1, -0.05) is 53.2 Å². The third-order valence-electron chi connectivity index (χ3n) is 3.65. The maximum Gasteiger partial charge on any atom is -0.0288 e. The molecule has 0 heterocycles. The van der Waals surface area contributed by atoms with Crippen molar-refractivity contribution in [1.82, 2.24) is 0 Å². The van der Waals surface area contributed by atoms with Gasteiger partial charge in [0.25, 0.3) is 0 Å². The molecule has 0 rings (SSSR count). The molecule has 0 fully saturated rings. The predicted octanol–water partition coefficient (Wildman–Crippen LogP) is 7.71. The Bertz CT molecular complexity index is 398. The molecule has 0 atom stereocenters. The molecule has 0 aromatic heterocycles. The minimum absolute atomic E-state index is 1.09. The highest BCUT2D eigenvalue weighted by Crippen LogP contribution is 2.11. The molecule has 0 aromatic rings. The lowest BCUT2D eigenvalue weighted by molar-refractivity contribution is 0.909. The normalized spacial score (nSPS) is 12.7. The molecule has 0 saturated carbocycles. The second-order valence-electron chi connectivity index (χ2n) is 6.37. The molecule has 0 bridgehead atoms. The Kier molecular flexibility index (Phi) is 13.8. The van der Waals surface area contributed by atoms with Crippen molar-refractivity contribution in [3.63, 3.8) is 0 Å². The quantitative estimate of drug-likeness (QED) is 0.256. The van der Waals surface area contributed by atoms with E-state index in [0.29, 0.717) is 0 Å². The van der Waals surface area contributed by atoms with Crippen molar-refractivity contribution in [2.75, 3.05) is 0 Å². The van der Waals surface area contributed by atoms with Crippen LogP contribution in [0.3, 0.4) is 0 Å². The molecular weight excluding hydrogens is 264 g/mol. The lowest BCUT2D eigenvalue weighted by Gasteiger charge is -2.00. The minimum Gasteiger partial charge on any atom is -0.103 e. The van der Waals surface area contributed by atoms with Gasteiger partial charge in [0.2, 0.25) is 0 Å². The number of hydrogen-bond donors (Lipinski definition) is 0. The van der Waals surface area contributed by atoms with Crippen molar-refractivity contribution in [2.45, 2.75) is 79.1 Å². The van der Waals surface area contributed by atoms with E-state index in [4.69, 9.17) is 0 Å². The zero-order valence-electron chi connectivity index (χ0n) is 15.3. The highest BCUT2D eigenvalue weighted by atomic mass is 14.0. The molecule has 0 heteroatoms. The van der Waals surface area contributed by atoms with Crippen molar-refractivity contribution in [3.8, 4) is 0 Å². The Morgan fingerprint density at radius 3 is 1.68 bits per heavy atom. The van der Waals surface area contributed by atoms with E-state index in [1.54, 1.807) is 0 Å². The van der Waals surface area contributed by atoms with E-state index in [1.807, 2.05) is 6.08 Å². The van der Waals surface area contributed by atoms with E-state index < -0.39 is 0 Å². The number of unbranched alkanes of at least 4 members (excludes halogenated alkanes) is 2. The van der Waals surface area contributed by atoms with Crippen LogP contribution in [0.25, 0.3) is 0 Å². The van der Waals surface area contributed by atoms with E-state index in [0.717, 1.165) is 12.8 Å². The SMILES string of the molecule is C=CCC/C(C)=C/CC/C(C)=C/CC/C=C/CCC=C(C)C. The van der Waals surface area contributed by atoms with Crippen LogP contribution in [-0.4, -0.2) is 0 Å². The van der Waals surface area contributed by atoms with Gasteiger partial charge in [-0.05, 0) is 79.1 Å². The molecule has 0 aliphatic heterocycles. The largest absolute Gasteiger partial charge is 0.103 e. The predicted molar refractivity (Wildman–Crippen MR) is 103 cm³/mol. The first kappa shape index (κ1) is 20.7. The van der Waals surface area contributed by atoms with E-state index in [1.165, 1.54) is 55.2 Å². The molecule has 0 spiro atoms. The Labute approximate surface area is 139 Å². The fourth-order valence-corrected chi connectivity index (χ4v) is 2.21. The fraction of sp³-hybridized carbons (Fsp3) is 0.545. The summed E-state index contributed by atoms with van der Waals surface area (Å²) in [6, 6.07) is 0. The molecule has 0 amide bonds. The molecule has 0 aliphatic carbocycles. The van der Waals surface area contributed by atoms with Crippen molar-refractivity contribution in [2.24, 2.45) is 0 Å². The zero-order chi connectivity index (χ0) is 16.6. The van der Waals surface area contributed by atoms with Gasteiger partial charge in [-0.15, -0.1) is 6.58 Å². The minimum atomic E-state index is 1.09. The average Bonchev–Trinajstić information content (AvgIpc) is 2.47. The average molecular weight is 301 g/mol. The summed E-state index contributed by atoms with van der Waals surface area (Å²) in [5.74, 6) is 0. The Morgan fingerprint density at radius 2 is 1.14 bits per heavy atom. The van der Waals surface area contributed by atoms with Crippen LogP contribution in [0.4, 0.5) is 0 Å². The van der Waals surface area contributed by atoms with Gasteiger partial charge < -0.3 is 0 Å². The summed E-state index contributed by atoms with van der Waals surface area (Å²) in [5.41, 5.74) is 4.43. The highest BCUT2D eigenvalue weighted by molar-refractivity contribution is 5.04. The van der Waals surface area contributed by atoms with Gasteiger partial charge in [-0.3, -0.25) is 0 Å². The maximum atomic E-state index is 3.77. The molecule has 0 unspecified atom stereocenters. The van der Waals surface area contributed by atoms with Gasteiger partial charge in [-0.2, -0.15) is 0 Å². The smallest absolute Gasteiger partial charge is 0.0288 e. The summed E-state index contributed by atoms with van der Waals surface area (Å²) >= 11 is 0. The van der Waals surface area contributed by atoms with Gasteiger partial charge in [0, 0.05) is 0 Å². The Hall–Kier alpha value is -1.30. The topological polar surface area (TPSA) is 0 Å². The van der Waals surface area contributed by atoms with E-state index in [2.05, 4.69) is 64.7 Å². The molecule has 0 radical (unpaired) electrons. The number of rotatable bonds is 12. The summed E-state index contributed by atoms with van der Waals surface area (Å²) in [6.45, 7) is 12.6. The highest BCUT2D eigenvalue weighted by Gasteiger charge is 1.91. The monoisotopic (exact) mass is 300 g/mol. The molecule has 0 N–H and O–H groups in total. The van der Waals surface area contributed by atoms with E-state index >= 15 is 0 Å². The van der Waals surface area contributed by atoms with Gasteiger partial charge in [0.15, 0.2) is 0 Å². The number of hydrogen-bond acceptors (Lipinski definition) is 0. The Morgan fingerprint density at radius 1 is 0.636 bits per heavy atom. The molecule has 0 nitrogen and oxygen atoms in total. The molecule has 0 aromatic carbocycles. The summed E-state index contributed by atoms with van der Waals surface area (Å²) in [4.78, 5) is 0. The van der Waals surface area contributed by atoms with Gasteiger partial charge in [-0.25, -0.2) is 0 Å². The molecule has 124 valence electrons. The standard InChI is InChI=1S/C22H36/c1-6-7-16-21(4)18-14-19-22(5)17-13-11-9-8-10-12-15-20(2)3/h6,8-9,15,17-18H,1,7,10-14,16,19H2,2-5H3/b9-8+,21-18+,22-17+. The van der Waals surface area contributed by atoms with Crippen molar-refractivity contribution in [3.05, 3.63) is 59.8 Å². The lowest BCUT2D eigenvalue weighted by atomic mass is 10.1. The van der Waals surface area contributed by atoms with Crippen molar-refractivity contribution in [1.29, 1.82) is 0 Å². The van der Waals surface area contributed by atoms with E-state index in [9.17, 15) is 0 Å². The Balaban J connectivity index is 3.74. The summed E-state index contributed by atoms with van der Waals surface area (Å²) in [7, 11) is 0. The summed E-state index contributed by atoms with van der Waals surface area (Å²) in [5, 5.41) is 0. The van der Waals surface area contributed by atoms with Crippen molar-refractivity contribution < 1.29 is 0 Å². The summed E-state index contributed by atoms with van der Waals surface area (Å²) < 4.78 is 0. The molecular formula is C22H36. The molecule has 0 aliphatic rings. The second-order valence-corrected chi connectivity index (χ2v) is 6.37. The van der Waals surface area contributed by atoms with E-state index in [-0.39, 0.29) is 0 Å².